The largest absolute Gasteiger partial charge is 0.384 e. The van der Waals surface area contributed by atoms with Crippen LogP contribution in [0.4, 0.5) is 0 Å². The van der Waals surface area contributed by atoms with Crippen molar-refractivity contribution in [3.05, 3.63) is 15.6 Å². The normalized spacial score (nSPS) is 10.6. The van der Waals surface area contributed by atoms with Crippen molar-refractivity contribution in [1.82, 2.24) is 4.98 Å². The maximum absolute atomic E-state index is 4.98. The van der Waals surface area contributed by atoms with Gasteiger partial charge < -0.3 is 4.74 Å². The van der Waals surface area contributed by atoms with Crippen molar-refractivity contribution in [2.24, 2.45) is 0 Å². The van der Waals surface area contributed by atoms with Crippen LogP contribution >= 0.6 is 27.3 Å². The van der Waals surface area contributed by atoms with Gasteiger partial charge in [0.2, 0.25) is 0 Å². The molecule has 2 nitrogen and oxygen atoms in total. The van der Waals surface area contributed by atoms with Gasteiger partial charge in [-0.15, -0.1) is 11.3 Å². The molecule has 0 spiro atoms. The molecule has 1 aromatic rings. The van der Waals surface area contributed by atoms with Gasteiger partial charge in [0.05, 0.1) is 17.3 Å². The van der Waals surface area contributed by atoms with E-state index in [9.17, 15) is 0 Å². The summed E-state index contributed by atoms with van der Waals surface area (Å²) in [6, 6.07) is 0. The van der Waals surface area contributed by atoms with E-state index in [0.29, 0.717) is 0 Å². The summed E-state index contributed by atoms with van der Waals surface area (Å²) in [7, 11) is 1.71. The fraction of sp³-hybridized carbons (Fsp3) is 0.625. The van der Waals surface area contributed by atoms with Crippen molar-refractivity contribution in [3.8, 4) is 0 Å². The molecule has 0 radical (unpaired) electrons. The predicted molar refractivity (Wildman–Crippen MR) is 55.1 cm³/mol. The topological polar surface area (TPSA) is 22.1 Å². The molecular weight excluding hydrogens is 238 g/mol. The highest BCUT2D eigenvalue weighted by atomic mass is 79.9. The van der Waals surface area contributed by atoms with Crippen molar-refractivity contribution in [2.45, 2.75) is 18.7 Å². The van der Waals surface area contributed by atoms with Crippen LogP contribution in [0.2, 0.25) is 0 Å². The van der Waals surface area contributed by atoms with Crippen LogP contribution in [0.5, 0.6) is 0 Å². The highest BCUT2D eigenvalue weighted by Crippen LogP contribution is 2.20. The monoisotopic (exact) mass is 249 g/mol. The summed E-state index contributed by atoms with van der Waals surface area (Å²) >= 11 is 5.19. The van der Waals surface area contributed by atoms with E-state index in [1.807, 2.05) is 6.92 Å². The Hall–Kier alpha value is 0.0700. The molecule has 4 heteroatoms. The van der Waals surface area contributed by atoms with Crippen LogP contribution < -0.4 is 0 Å². The van der Waals surface area contributed by atoms with Gasteiger partial charge in [-0.25, -0.2) is 4.98 Å². The third kappa shape index (κ3) is 2.54. The fourth-order valence-electron chi connectivity index (χ4n) is 0.909. The van der Waals surface area contributed by atoms with Crippen molar-refractivity contribution >= 4 is 27.3 Å². The fourth-order valence-corrected chi connectivity index (χ4v) is 2.56. The number of thiazole rings is 1. The molecule has 0 aromatic carbocycles. The van der Waals surface area contributed by atoms with E-state index < -0.39 is 0 Å². The lowest BCUT2D eigenvalue weighted by Crippen LogP contribution is -1.93. The molecule has 12 heavy (non-hydrogen) atoms. The number of rotatable bonds is 4. The van der Waals surface area contributed by atoms with E-state index in [4.69, 9.17) is 4.74 Å². The second-order valence-corrected chi connectivity index (χ2v) is 4.22. The number of aromatic nitrogens is 1. The zero-order valence-corrected chi connectivity index (χ0v) is 9.67. The SMILES string of the molecule is COCCc1nc(C)c(CBr)s1. The Kier molecular flexibility index (Phi) is 4.18. The number of nitrogens with zero attached hydrogens (tertiary/aromatic N) is 1. The molecule has 0 N–H and O–H groups in total. The smallest absolute Gasteiger partial charge is 0.0954 e. The summed E-state index contributed by atoms with van der Waals surface area (Å²) in [6.07, 6.45) is 0.926. The molecular formula is C8H12BrNOS. The number of hydrogen-bond acceptors (Lipinski definition) is 3. The molecule has 0 fully saturated rings. The zero-order chi connectivity index (χ0) is 8.97. The molecule has 0 bridgehead atoms. The van der Waals surface area contributed by atoms with Crippen LogP contribution in [0.25, 0.3) is 0 Å². The van der Waals surface area contributed by atoms with Crippen molar-refractivity contribution < 1.29 is 4.74 Å². The second-order valence-electron chi connectivity index (χ2n) is 2.49. The van der Waals surface area contributed by atoms with E-state index in [1.165, 1.54) is 9.88 Å². The minimum atomic E-state index is 0.759. The highest BCUT2D eigenvalue weighted by Gasteiger charge is 2.05. The summed E-state index contributed by atoms with van der Waals surface area (Å²) in [5, 5.41) is 2.08. The van der Waals surface area contributed by atoms with Gasteiger partial charge in [-0.3, -0.25) is 0 Å². The molecule has 1 aromatic heterocycles. The Morgan fingerprint density at radius 1 is 1.58 bits per heavy atom. The van der Waals surface area contributed by atoms with Gasteiger partial charge in [0, 0.05) is 23.7 Å². The minimum absolute atomic E-state index is 0.759. The maximum atomic E-state index is 4.98. The Morgan fingerprint density at radius 2 is 2.33 bits per heavy atom. The van der Waals surface area contributed by atoms with Crippen molar-refractivity contribution in [1.29, 1.82) is 0 Å². The number of halogens is 1. The maximum Gasteiger partial charge on any atom is 0.0954 e. The predicted octanol–water partition coefficient (Wildman–Crippen LogP) is 2.54. The summed E-state index contributed by atoms with van der Waals surface area (Å²) in [5.41, 5.74) is 1.14. The number of hydrogen-bond donors (Lipinski definition) is 0. The number of methoxy groups -OCH3 is 1. The Labute approximate surface area is 85.1 Å². The summed E-state index contributed by atoms with van der Waals surface area (Å²) in [4.78, 5) is 5.75. The molecule has 0 unspecified atom stereocenters. The van der Waals surface area contributed by atoms with E-state index in [1.54, 1.807) is 18.4 Å². The van der Waals surface area contributed by atoms with Crippen molar-refractivity contribution in [3.63, 3.8) is 0 Å². The lowest BCUT2D eigenvalue weighted by atomic mass is 10.4. The van der Waals surface area contributed by atoms with Crippen LogP contribution in [-0.2, 0) is 16.5 Å². The Bertz CT molecular complexity index is 249. The van der Waals surface area contributed by atoms with E-state index >= 15 is 0 Å². The summed E-state index contributed by atoms with van der Waals surface area (Å²) < 4.78 is 4.98. The standard InChI is InChI=1S/C8H12BrNOS/c1-6-7(5-9)12-8(10-6)3-4-11-2/h3-5H2,1-2H3. The molecule has 0 atom stereocenters. The van der Waals surface area contributed by atoms with Crippen LogP contribution in [0, 0.1) is 6.92 Å². The van der Waals surface area contributed by atoms with Gasteiger partial charge in [0.1, 0.15) is 0 Å². The first-order valence-electron chi connectivity index (χ1n) is 3.78. The number of ether oxygens (including phenoxy) is 1. The molecule has 0 amide bonds. The molecule has 68 valence electrons. The molecule has 1 heterocycles. The molecule has 0 saturated carbocycles. The average molecular weight is 250 g/mol. The van der Waals surface area contributed by atoms with Crippen LogP contribution in [-0.4, -0.2) is 18.7 Å². The molecule has 0 aliphatic rings. The first kappa shape index (κ1) is 10.2. The van der Waals surface area contributed by atoms with E-state index in [2.05, 4.69) is 20.9 Å². The van der Waals surface area contributed by atoms with Gasteiger partial charge >= 0.3 is 0 Å². The average Bonchev–Trinajstić information content (AvgIpc) is 2.43. The molecule has 0 aliphatic heterocycles. The lowest BCUT2D eigenvalue weighted by molar-refractivity contribution is 0.202. The van der Waals surface area contributed by atoms with E-state index in [0.717, 1.165) is 24.1 Å². The molecule has 0 saturated heterocycles. The summed E-state index contributed by atoms with van der Waals surface area (Å²) in [5.74, 6) is 0. The third-order valence-corrected chi connectivity index (χ3v) is 3.73. The quantitative estimate of drug-likeness (QED) is 0.766. The second kappa shape index (κ2) is 4.94. The van der Waals surface area contributed by atoms with Gasteiger partial charge in [-0.2, -0.15) is 0 Å². The highest BCUT2D eigenvalue weighted by molar-refractivity contribution is 9.08. The molecule has 0 aliphatic carbocycles. The first-order valence-corrected chi connectivity index (χ1v) is 5.71. The van der Waals surface area contributed by atoms with Crippen LogP contribution in [0.3, 0.4) is 0 Å². The van der Waals surface area contributed by atoms with Gasteiger partial charge in [0.15, 0.2) is 0 Å². The third-order valence-electron chi connectivity index (χ3n) is 1.58. The van der Waals surface area contributed by atoms with Gasteiger partial charge in [0.25, 0.3) is 0 Å². The van der Waals surface area contributed by atoms with Gasteiger partial charge in [-0.1, -0.05) is 15.9 Å². The van der Waals surface area contributed by atoms with E-state index in [-0.39, 0.29) is 0 Å². The Balaban J connectivity index is 2.62. The van der Waals surface area contributed by atoms with Crippen LogP contribution in [0.15, 0.2) is 0 Å². The minimum Gasteiger partial charge on any atom is -0.384 e. The summed E-state index contributed by atoms with van der Waals surface area (Å²) in [6.45, 7) is 2.80. The first-order chi connectivity index (χ1) is 5.77. The van der Waals surface area contributed by atoms with Crippen molar-refractivity contribution in [2.75, 3.05) is 13.7 Å². The zero-order valence-electron chi connectivity index (χ0n) is 7.26. The Morgan fingerprint density at radius 3 is 2.83 bits per heavy atom. The van der Waals surface area contributed by atoms with Gasteiger partial charge in [-0.05, 0) is 6.92 Å². The molecule has 1 rings (SSSR count). The lowest BCUT2D eigenvalue weighted by Gasteiger charge is -1.92. The van der Waals surface area contributed by atoms with Crippen LogP contribution in [0.1, 0.15) is 15.6 Å². The number of aryl methyl sites for hydroxylation is 1. The number of alkyl halides is 1.